The van der Waals surface area contributed by atoms with E-state index in [1.807, 2.05) is 4.90 Å². The van der Waals surface area contributed by atoms with Gasteiger partial charge in [0.05, 0.1) is 36.2 Å². The van der Waals surface area contributed by atoms with Crippen molar-refractivity contribution in [1.29, 1.82) is 0 Å². The first kappa shape index (κ1) is 22.8. The molecule has 2 saturated heterocycles. The van der Waals surface area contributed by atoms with Gasteiger partial charge in [-0.15, -0.1) is 0 Å². The number of benzene rings is 1. The molecular weight excluding hydrogens is 448 g/mol. The van der Waals surface area contributed by atoms with Crippen molar-refractivity contribution in [3.05, 3.63) is 53.5 Å². The van der Waals surface area contributed by atoms with E-state index in [4.69, 9.17) is 9.84 Å². The van der Waals surface area contributed by atoms with Gasteiger partial charge in [-0.25, -0.2) is 14.2 Å². The van der Waals surface area contributed by atoms with Gasteiger partial charge in [0.25, 0.3) is 5.91 Å². The Balaban J connectivity index is 1.39. The lowest BCUT2D eigenvalue weighted by molar-refractivity contribution is -0.137. The lowest BCUT2D eigenvalue weighted by Gasteiger charge is -2.35. The van der Waals surface area contributed by atoms with Gasteiger partial charge in [0.15, 0.2) is 0 Å². The smallest absolute Gasteiger partial charge is 0.416 e. The molecule has 176 valence electrons. The SMILES string of the molecule is O=C(c1cc(C(F)(F)F)ccc1F)N1CCN(c2ccc(N3CC(CO)OC3=O)cn2)CC1. The number of nitrogens with zero attached hydrogens (tertiary/aromatic N) is 4. The van der Waals surface area contributed by atoms with Crippen molar-refractivity contribution < 1.29 is 37.0 Å². The molecule has 0 radical (unpaired) electrons. The molecule has 2 fully saturated rings. The van der Waals surface area contributed by atoms with E-state index in [0.717, 1.165) is 0 Å². The fourth-order valence-electron chi connectivity index (χ4n) is 3.73. The van der Waals surface area contributed by atoms with E-state index in [-0.39, 0.29) is 26.2 Å². The van der Waals surface area contributed by atoms with Crippen LogP contribution in [0, 0.1) is 5.82 Å². The molecule has 4 rings (SSSR count). The van der Waals surface area contributed by atoms with Crippen LogP contribution in [0.25, 0.3) is 0 Å². The van der Waals surface area contributed by atoms with Crippen LogP contribution in [0.5, 0.6) is 0 Å². The van der Waals surface area contributed by atoms with E-state index in [9.17, 15) is 27.2 Å². The number of aliphatic hydroxyl groups excluding tert-OH is 1. The molecule has 12 heteroatoms. The average Bonchev–Trinajstić information content (AvgIpc) is 3.19. The van der Waals surface area contributed by atoms with Crippen LogP contribution in [-0.2, 0) is 10.9 Å². The fourth-order valence-corrected chi connectivity index (χ4v) is 3.73. The number of piperazine rings is 1. The summed E-state index contributed by atoms with van der Waals surface area (Å²) in [7, 11) is 0. The van der Waals surface area contributed by atoms with Gasteiger partial charge in [0, 0.05) is 26.2 Å². The Hall–Kier alpha value is -3.41. The van der Waals surface area contributed by atoms with Crippen molar-refractivity contribution in [3.63, 3.8) is 0 Å². The quantitative estimate of drug-likeness (QED) is 0.695. The second-order valence-electron chi connectivity index (χ2n) is 7.65. The van der Waals surface area contributed by atoms with Gasteiger partial charge in [-0.1, -0.05) is 0 Å². The Bertz CT molecular complexity index is 1040. The monoisotopic (exact) mass is 468 g/mol. The Labute approximate surface area is 186 Å². The van der Waals surface area contributed by atoms with Crippen molar-refractivity contribution in [2.75, 3.05) is 49.1 Å². The fraction of sp³-hybridized carbons (Fsp3) is 0.381. The molecule has 0 saturated carbocycles. The van der Waals surface area contributed by atoms with Crippen molar-refractivity contribution in [2.24, 2.45) is 0 Å². The standard InChI is InChI=1S/C21H20F4N4O4/c22-17-3-1-13(21(23,24)25)9-16(17)19(31)28-7-5-27(6-8-28)18-4-2-14(10-26-18)29-11-15(12-30)33-20(29)32/h1-4,9-10,15,30H,5-8,11-12H2. The Morgan fingerprint density at radius 3 is 2.45 bits per heavy atom. The summed E-state index contributed by atoms with van der Waals surface area (Å²) in [5.41, 5.74) is -1.18. The molecule has 1 aromatic heterocycles. The number of aliphatic hydroxyl groups is 1. The van der Waals surface area contributed by atoms with Crippen LogP contribution in [-0.4, -0.2) is 72.4 Å². The molecule has 0 bridgehead atoms. The van der Waals surface area contributed by atoms with Crippen LogP contribution in [0.15, 0.2) is 36.5 Å². The predicted octanol–water partition coefficient (Wildman–Crippen LogP) is 2.52. The third kappa shape index (κ3) is 4.70. The van der Waals surface area contributed by atoms with Gasteiger partial charge in [0.1, 0.15) is 17.7 Å². The highest BCUT2D eigenvalue weighted by molar-refractivity contribution is 5.95. The number of ether oxygens (including phenoxy) is 1. The summed E-state index contributed by atoms with van der Waals surface area (Å²) in [5, 5.41) is 9.14. The van der Waals surface area contributed by atoms with E-state index in [1.54, 1.807) is 12.1 Å². The summed E-state index contributed by atoms with van der Waals surface area (Å²) in [6.45, 7) is 0.974. The maximum absolute atomic E-state index is 14.1. The molecule has 33 heavy (non-hydrogen) atoms. The molecule has 1 aromatic carbocycles. The number of alkyl halides is 3. The molecule has 8 nitrogen and oxygen atoms in total. The number of halogens is 4. The van der Waals surface area contributed by atoms with Crippen LogP contribution in [0.1, 0.15) is 15.9 Å². The summed E-state index contributed by atoms with van der Waals surface area (Å²) in [6.07, 6.45) is -4.35. The highest BCUT2D eigenvalue weighted by atomic mass is 19.4. The second-order valence-corrected chi connectivity index (χ2v) is 7.65. The molecule has 2 aliphatic rings. The van der Waals surface area contributed by atoms with Crippen molar-refractivity contribution in [2.45, 2.75) is 12.3 Å². The number of hydrogen-bond donors (Lipinski definition) is 1. The first-order chi connectivity index (χ1) is 15.7. The lowest BCUT2D eigenvalue weighted by Crippen LogP contribution is -2.49. The normalized spacial score (nSPS) is 19.1. The largest absolute Gasteiger partial charge is 0.441 e. The number of hydrogen-bond acceptors (Lipinski definition) is 6. The molecule has 0 spiro atoms. The van der Waals surface area contributed by atoms with Gasteiger partial charge in [-0.2, -0.15) is 13.2 Å². The lowest BCUT2D eigenvalue weighted by atomic mass is 10.1. The van der Waals surface area contributed by atoms with E-state index in [1.165, 1.54) is 16.0 Å². The molecule has 3 heterocycles. The summed E-state index contributed by atoms with van der Waals surface area (Å²) in [4.78, 5) is 33.4. The van der Waals surface area contributed by atoms with Crippen molar-refractivity contribution in [1.82, 2.24) is 9.88 Å². The molecule has 1 N–H and O–H groups in total. The van der Waals surface area contributed by atoms with Gasteiger partial charge in [-0.3, -0.25) is 9.69 Å². The van der Waals surface area contributed by atoms with E-state index in [2.05, 4.69) is 4.98 Å². The second kappa shape index (κ2) is 8.85. The molecular formula is C21H20F4N4O4. The topological polar surface area (TPSA) is 86.2 Å². The Morgan fingerprint density at radius 1 is 1.15 bits per heavy atom. The Morgan fingerprint density at radius 2 is 1.88 bits per heavy atom. The first-order valence-electron chi connectivity index (χ1n) is 10.1. The maximum Gasteiger partial charge on any atom is 0.416 e. The van der Waals surface area contributed by atoms with Gasteiger partial charge < -0.3 is 19.6 Å². The van der Waals surface area contributed by atoms with Crippen LogP contribution < -0.4 is 9.80 Å². The molecule has 2 amide bonds. The van der Waals surface area contributed by atoms with Gasteiger partial charge in [0.2, 0.25) is 0 Å². The number of aromatic nitrogens is 1. The van der Waals surface area contributed by atoms with E-state index in [0.29, 0.717) is 42.8 Å². The van der Waals surface area contributed by atoms with Crippen LogP contribution in [0.3, 0.4) is 0 Å². The molecule has 1 atom stereocenters. The Kier molecular flexibility index (Phi) is 6.11. The third-order valence-corrected chi connectivity index (χ3v) is 5.54. The number of carbonyl (C=O) groups is 2. The van der Waals surface area contributed by atoms with Crippen LogP contribution in [0.4, 0.5) is 33.9 Å². The number of amides is 2. The van der Waals surface area contributed by atoms with Gasteiger partial charge in [-0.05, 0) is 30.3 Å². The number of carbonyl (C=O) groups excluding carboxylic acids is 2. The van der Waals surface area contributed by atoms with Crippen molar-refractivity contribution >= 4 is 23.5 Å². The summed E-state index contributed by atoms with van der Waals surface area (Å²) in [5.74, 6) is -1.22. The minimum absolute atomic E-state index is 0.175. The van der Waals surface area contributed by atoms with Crippen LogP contribution in [0.2, 0.25) is 0 Å². The van der Waals surface area contributed by atoms with Gasteiger partial charge >= 0.3 is 12.3 Å². The average molecular weight is 468 g/mol. The third-order valence-electron chi connectivity index (χ3n) is 5.54. The zero-order chi connectivity index (χ0) is 23.8. The maximum atomic E-state index is 14.1. The van der Waals surface area contributed by atoms with E-state index < -0.39 is 41.2 Å². The number of anilines is 2. The number of pyridine rings is 1. The minimum Gasteiger partial charge on any atom is -0.441 e. The molecule has 1 unspecified atom stereocenters. The number of rotatable bonds is 4. The molecule has 0 aliphatic carbocycles. The first-order valence-corrected chi connectivity index (χ1v) is 10.1. The summed E-state index contributed by atoms with van der Waals surface area (Å²) >= 11 is 0. The zero-order valence-corrected chi connectivity index (χ0v) is 17.3. The number of cyclic esters (lactones) is 1. The van der Waals surface area contributed by atoms with Crippen LogP contribution >= 0.6 is 0 Å². The summed E-state index contributed by atoms with van der Waals surface area (Å²) in [6, 6.07) is 5.16. The minimum atomic E-state index is -4.68. The van der Waals surface area contributed by atoms with Crippen molar-refractivity contribution in [3.8, 4) is 0 Å². The molecule has 2 aromatic rings. The van der Waals surface area contributed by atoms with E-state index >= 15 is 0 Å². The highest BCUT2D eigenvalue weighted by Gasteiger charge is 2.34. The molecule has 2 aliphatic heterocycles. The predicted molar refractivity (Wildman–Crippen MR) is 108 cm³/mol. The zero-order valence-electron chi connectivity index (χ0n) is 17.3. The summed E-state index contributed by atoms with van der Waals surface area (Å²) < 4.78 is 57.8. The highest BCUT2D eigenvalue weighted by Crippen LogP contribution is 2.31.